The van der Waals surface area contributed by atoms with Gasteiger partial charge in [0.25, 0.3) is 5.91 Å². The van der Waals surface area contributed by atoms with Gasteiger partial charge in [-0.2, -0.15) is 0 Å². The van der Waals surface area contributed by atoms with Crippen LogP contribution in [0.25, 0.3) is 0 Å². The predicted molar refractivity (Wildman–Crippen MR) is 77.5 cm³/mol. The van der Waals surface area contributed by atoms with Gasteiger partial charge in [0.05, 0.1) is 6.54 Å². The van der Waals surface area contributed by atoms with Crippen molar-refractivity contribution in [1.29, 1.82) is 0 Å². The van der Waals surface area contributed by atoms with Crippen LogP contribution in [0.5, 0.6) is 11.5 Å². The Hall–Kier alpha value is -2.01. The number of carbonyl (C=O) groups excluding carboxylic acids is 1. The summed E-state index contributed by atoms with van der Waals surface area (Å²) in [6.07, 6.45) is 0. The van der Waals surface area contributed by atoms with Crippen LogP contribution in [0.1, 0.15) is 15.2 Å². The molecule has 0 atom stereocenters. The number of amides is 1. The lowest BCUT2D eigenvalue weighted by atomic mass is 10.1. The van der Waals surface area contributed by atoms with Gasteiger partial charge < -0.3 is 14.4 Å². The molecular weight excluding hydrogens is 274 g/mol. The van der Waals surface area contributed by atoms with Gasteiger partial charge in [0.15, 0.2) is 11.5 Å². The molecule has 4 nitrogen and oxygen atoms in total. The van der Waals surface area contributed by atoms with Crippen molar-refractivity contribution >= 4 is 17.2 Å². The van der Waals surface area contributed by atoms with Crippen molar-refractivity contribution in [2.75, 3.05) is 20.3 Å². The fourth-order valence-corrected chi connectivity index (χ4v) is 2.86. The molecule has 0 fully saturated rings. The molecule has 1 aliphatic heterocycles. The molecule has 0 radical (unpaired) electrons. The van der Waals surface area contributed by atoms with Crippen LogP contribution in [0.3, 0.4) is 0 Å². The molecule has 3 rings (SSSR count). The molecule has 0 unspecified atom stereocenters. The largest absolute Gasteiger partial charge is 0.486 e. The Morgan fingerprint density at radius 1 is 1.25 bits per heavy atom. The van der Waals surface area contributed by atoms with Gasteiger partial charge in [-0.25, -0.2) is 0 Å². The molecule has 1 aromatic carbocycles. The Morgan fingerprint density at radius 3 is 2.80 bits per heavy atom. The maximum atomic E-state index is 12.4. The molecule has 20 heavy (non-hydrogen) atoms. The zero-order valence-corrected chi connectivity index (χ0v) is 12.0. The second-order valence-electron chi connectivity index (χ2n) is 4.60. The molecule has 5 heteroatoms. The van der Waals surface area contributed by atoms with Gasteiger partial charge in [-0.1, -0.05) is 6.07 Å². The smallest absolute Gasteiger partial charge is 0.254 e. The Bertz CT molecular complexity index is 610. The van der Waals surface area contributed by atoms with E-state index in [1.165, 1.54) is 4.88 Å². The maximum absolute atomic E-state index is 12.4. The molecule has 0 N–H and O–H groups in total. The second kappa shape index (κ2) is 5.54. The van der Waals surface area contributed by atoms with Crippen LogP contribution < -0.4 is 9.47 Å². The predicted octanol–water partition coefficient (Wildman–Crippen LogP) is 2.79. The highest BCUT2D eigenvalue weighted by atomic mass is 32.1. The first kappa shape index (κ1) is 13.0. The summed E-state index contributed by atoms with van der Waals surface area (Å²) in [5.41, 5.74) is 0.619. The molecule has 2 aromatic rings. The van der Waals surface area contributed by atoms with Crippen LogP contribution in [-0.4, -0.2) is 31.1 Å². The van der Waals surface area contributed by atoms with Crippen LogP contribution in [-0.2, 0) is 6.54 Å². The highest BCUT2D eigenvalue weighted by molar-refractivity contribution is 7.09. The lowest BCUT2D eigenvalue weighted by Crippen LogP contribution is -2.26. The summed E-state index contributed by atoms with van der Waals surface area (Å²) >= 11 is 1.65. The minimum absolute atomic E-state index is 0.0182. The molecule has 1 aliphatic rings. The fraction of sp³-hybridized carbons (Fsp3) is 0.267. The monoisotopic (exact) mass is 289 g/mol. The van der Waals surface area contributed by atoms with E-state index < -0.39 is 0 Å². The number of hydrogen-bond acceptors (Lipinski definition) is 4. The van der Waals surface area contributed by atoms with E-state index in [0.717, 1.165) is 0 Å². The highest BCUT2D eigenvalue weighted by Gasteiger charge is 2.17. The third kappa shape index (κ3) is 2.63. The van der Waals surface area contributed by atoms with Crippen LogP contribution in [0.4, 0.5) is 0 Å². The van der Waals surface area contributed by atoms with Gasteiger partial charge in [-0.05, 0) is 29.6 Å². The maximum Gasteiger partial charge on any atom is 0.254 e. The summed E-state index contributed by atoms with van der Waals surface area (Å²) in [5, 5.41) is 2.01. The van der Waals surface area contributed by atoms with Gasteiger partial charge in [-0.3, -0.25) is 4.79 Å². The first-order valence-corrected chi connectivity index (χ1v) is 7.29. The number of carbonyl (C=O) groups is 1. The van der Waals surface area contributed by atoms with Crippen molar-refractivity contribution in [2.45, 2.75) is 6.54 Å². The van der Waals surface area contributed by atoms with Gasteiger partial charge >= 0.3 is 0 Å². The number of thiophene rings is 1. The van der Waals surface area contributed by atoms with E-state index in [-0.39, 0.29) is 5.91 Å². The SMILES string of the molecule is CN(Cc1cccs1)C(=O)c1ccc2c(c1)OCCO2. The first-order valence-electron chi connectivity index (χ1n) is 6.41. The second-order valence-corrected chi connectivity index (χ2v) is 5.63. The molecular formula is C15H15NO3S. The summed E-state index contributed by atoms with van der Waals surface area (Å²) in [7, 11) is 1.80. The van der Waals surface area contributed by atoms with E-state index in [0.29, 0.717) is 36.8 Å². The van der Waals surface area contributed by atoms with Crippen molar-refractivity contribution in [3.05, 3.63) is 46.2 Å². The van der Waals surface area contributed by atoms with Crippen molar-refractivity contribution in [3.8, 4) is 11.5 Å². The summed E-state index contributed by atoms with van der Waals surface area (Å²) in [6.45, 7) is 1.69. The van der Waals surface area contributed by atoms with Gasteiger partial charge in [0.1, 0.15) is 13.2 Å². The number of nitrogens with zero attached hydrogens (tertiary/aromatic N) is 1. The third-order valence-corrected chi connectivity index (χ3v) is 3.97. The highest BCUT2D eigenvalue weighted by Crippen LogP contribution is 2.31. The number of hydrogen-bond donors (Lipinski definition) is 0. The summed E-state index contributed by atoms with van der Waals surface area (Å²) in [5.74, 6) is 1.33. The van der Waals surface area contributed by atoms with Gasteiger partial charge in [0.2, 0.25) is 0 Å². The van der Waals surface area contributed by atoms with Crippen LogP contribution in [0.15, 0.2) is 35.7 Å². The van der Waals surface area contributed by atoms with Gasteiger partial charge in [-0.15, -0.1) is 11.3 Å². The Kier molecular flexibility index (Phi) is 3.60. The van der Waals surface area contributed by atoms with E-state index in [1.807, 2.05) is 17.5 Å². The molecule has 0 spiro atoms. The molecule has 2 heterocycles. The van der Waals surface area contributed by atoms with Crippen molar-refractivity contribution < 1.29 is 14.3 Å². The summed E-state index contributed by atoms with van der Waals surface area (Å²) in [4.78, 5) is 15.3. The summed E-state index contributed by atoms with van der Waals surface area (Å²) in [6, 6.07) is 9.34. The van der Waals surface area contributed by atoms with E-state index in [4.69, 9.17) is 9.47 Å². The quantitative estimate of drug-likeness (QED) is 0.872. The van der Waals surface area contributed by atoms with Crippen LogP contribution >= 0.6 is 11.3 Å². The number of benzene rings is 1. The average Bonchev–Trinajstić information content (AvgIpc) is 2.99. The van der Waals surface area contributed by atoms with E-state index in [2.05, 4.69) is 0 Å². The molecule has 0 bridgehead atoms. The minimum Gasteiger partial charge on any atom is -0.486 e. The standard InChI is InChI=1S/C15H15NO3S/c1-16(10-12-3-2-8-20-12)15(17)11-4-5-13-14(9-11)19-7-6-18-13/h2-5,8-9H,6-7,10H2,1H3. The van der Waals surface area contributed by atoms with E-state index in [9.17, 15) is 4.79 Å². The number of ether oxygens (including phenoxy) is 2. The van der Waals surface area contributed by atoms with Crippen molar-refractivity contribution in [3.63, 3.8) is 0 Å². The zero-order valence-electron chi connectivity index (χ0n) is 11.2. The Labute approximate surface area is 121 Å². The van der Waals surface area contributed by atoms with Crippen LogP contribution in [0.2, 0.25) is 0 Å². The topological polar surface area (TPSA) is 38.8 Å². The normalized spacial score (nSPS) is 13.1. The van der Waals surface area contributed by atoms with Crippen molar-refractivity contribution in [2.24, 2.45) is 0 Å². The molecule has 1 amide bonds. The van der Waals surface area contributed by atoms with Crippen molar-refractivity contribution in [1.82, 2.24) is 4.90 Å². The average molecular weight is 289 g/mol. The Balaban J connectivity index is 1.76. The minimum atomic E-state index is -0.0182. The molecule has 0 saturated heterocycles. The lowest BCUT2D eigenvalue weighted by molar-refractivity contribution is 0.0785. The first-order chi connectivity index (χ1) is 9.74. The fourth-order valence-electron chi connectivity index (χ4n) is 2.10. The molecule has 1 aromatic heterocycles. The van der Waals surface area contributed by atoms with Crippen LogP contribution in [0, 0.1) is 0 Å². The van der Waals surface area contributed by atoms with Gasteiger partial charge in [0, 0.05) is 17.5 Å². The van der Waals surface area contributed by atoms with E-state index >= 15 is 0 Å². The lowest BCUT2D eigenvalue weighted by Gasteiger charge is -2.20. The molecule has 104 valence electrons. The summed E-state index contributed by atoms with van der Waals surface area (Å²) < 4.78 is 11.0. The molecule has 0 saturated carbocycles. The number of fused-ring (bicyclic) bond motifs is 1. The third-order valence-electron chi connectivity index (χ3n) is 3.11. The Morgan fingerprint density at radius 2 is 2.05 bits per heavy atom. The molecule has 0 aliphatic carbocycles. The van der Waals surface area contributed by atoms with E-state index in [1.54, 1.807) is 41.5 Å². The number of rotatable bonds is 3. The zero-order chi connectivity index (χ0) is 13.9.